The molecular formula is C5H12BaO. The number of rotatable bonds is 3. The van der Waals surface area contributed by atoms with Crippen LogP contribution in [-0.2, 0) is 4.79 Å². The summed E-state index contributed by atoms with van der Waals surface area (Å²) in [5.74, 6) is 0. The van der Waals surface area contributed by atoms with E-state index in [-0.39, 0.29) is 51.7 Å². The van der Waals surface area contributed by atoms with Crippen LogP contribution in [0.25, 0.3) is 0 Å². The van der Waals surface area contributed by atoms with Crippen molar-refractivity contribution in [3.05, 3.63) is 0 Å². The van der Waals surface area contributed by atoms with E-state index in [1.807, 2.05) is 0 Å². The first kappa shape index (κ1) is 11.1. The van der Waals surface area contributed by atoms with Crippen molar-refractivity contribution in [1.82, 2.24) is 0 Å². The van der Waals surface area contributed by atoms with Gasteiger partial charge in [-0.3, -0.25) is 0 Å². The number of aldehydes is 1. The van der Waals surface area contributed by atoms with E-state index in [1.165, 1.54) is 0 Å². The Morgan fingerprint density at radius 1 is 1.71 bits per heavy atom. The van der Waals surface area contributed by atoms with Gasteiger partial charge < -0.3 is 7.65 Å². The maximum Gasteiger partial charge on any atom is 2.00 e. The van der Waals surface area contributed by atoms with E-state index < -0.39 is 0 Å². The number of unbranched alkanes of at least 4 members (excludes halogenated alkanes) is 2. The summed E-state index contributed by atoms with van der Waals surface area (Å²) in [4.78, 5) is 9.56. The second-order valence-corrected chi connectivity index (χ2v) is 1.31. The first-order valence-corrected chi connectivity index (χ1v) is 2.35. The first-order valence-electron chi connectivity index (χ1n) is 2.35. The number of carbonyl (C=O) groups excluding carboxylic acids is 1. The van der Waals surface area contributed by atoms with Crippen LogP contribution in [0.1, 0.15) is 29.0 Å². The van der Waals surface area contributed by atoms with Crippen molar-refractivity contribution >= 4 is 55.2 Å². The molecule has 40 valence electrons. The Morgan fingerprint density at radius 2 is 2.29 bits per heavy atom. The fourth-order valence-electron chi connectivity index (χ4n) is 0.287. The average molecular weight is 225 g/mol. The SMILES string of the molecule is CCCCC=O.[Ba+2].[H-].[H-]. The molecule has 0 saturated heterocycles. The molecule has 0 rings (SSSR count). The van der Waals surface area contributed by atoms with Gasteiger partial charge in [-0.15, -0.1) is 0 Å². The molecule has 0 aliphatic heterocycles. The minimum absolute atomic E-state index is 0. The molecule has 0 saturated carbocycles. The maximum absolute atomic E-state index is 9.56. The van der Waals surface area contributed by atoms with Crippen molar-refractivity contribution in [3.8, 4) is 0 Å². The Labute approximate surface area is 87.9 Å². The molecule has 0 aromatic carbocycles. The molecule has 0 aromatic rings. The molecule has 0 fully saturated rings. The molecule has 0 spiro atoms. The van der Waals surface area contributed by atoms with Crippen molar-refractivity contribution in [2.45, 2.75) is 26.2 Å². The summed E-state index contributed by atoms with van der Waals surface area (Å²) in [6.45, 7) is 2.07. The van der Waals surface area contributed by atoms with Crippen molar-refractivity contribution in [1.29, 1.82) is 0 Å². The molecule has 0 bridgehead atoms. The van der Waals surface area contributed by atoms with Gasteiger partial charge in [0, 0.05) is 6.42 Å². The Bertz CT molecular complexity index is 43.9. The van der Waals surface area contributed by atoms with E-state index in [0.29, 0.717) is 0 Å². The molecule has 7 heavy (non-hydrogen) atoms. The molecule has 0 aromatic heterocycles. The van der Waals surface area contributed by atoms with Gasteiger partial charge in [-0.05, 0) is 6.42 Å². The molecule has 0 unspecified atom stereocenters. The van der Waals surface area contributed by atoms with Gasteiger partial charge >= 0.3 is 48.9 Å². The summed E-state index contributed by atoms with van der Waals surface area (Å²) in [6, 6.07) is 0. The van der Waals surface area contributed by atoms with E-state index >= 15 is 0 Å². The van der Waals surface area contributed by atoms with Crippen LogP contribution in [0.3, 0.4) is 0 Å². The van der Waals surface area contributed by atoms with Crippen LogP contribution in [0.15, 0.2) is 0 Å². The number of hydrogen-bond acceptors (Lipinski definition) is 1. The van der Waals surface area contributed by atoms with Gasteiger partial charge in [0.2, 0.25) is 0 Å². The molecule has 1 nitrogen and oxygen atoms in total. The van der Waals surface area contributed by atoms with Crippen molar-refractivity contribution in [3.63, 3.8) is 0 Å². The normalized spacial score (nSPS) is 7.00. The summed E-state index contributed by atoms with van der Waals surface area (Å²) in [5.41, 5.74) is 0. The zero-order chi connectivity index (χ0) is 4.83. The summed E-state index contributed by atoms with van der Waals surface area (Å²) in [6.07, 6.45) is 3.86. The largest absolute Gasteiger partial charge is 2.00 e. The van der Waals surface area contributed by atoms with E-state index in [4.69, 9.17) is 0 Å². The Balaban J connectivity index is -0.0000000417. The zero-order valence-corrected chi connectivity index (χ0v) is 9.25. The third-order valence-electron chi connectivity index (χ3n) is 0.676. The minimum Gasteiger partial charge on any atom is -1.00 e. The van der Waals surface area contributed by atoms with E-state index in [9.17, 15) is 4.79 Å². The van der Waals surface area contributed by atoms with Gasteiger partial charge in [-0.1, -0.05) is 13.3 Å². The summed E-state index contributed by atoms with van der Waals surface area (Å²) in [5, 5.41) is 0. The predicted molar refractivity (Wildman–Crippen MR) is 33.6 cm³/mol. The maximum atomic E-state index is 9.56. The van der Waals surface area contributed by atoms with Crippen LogP contribution in [0.5, 0.6) is 0 Å². The van der Waals surface area contributed by atoms with Gasteiger partial charge in [0.05, 0.1) is 0 Å². The molecule has 0 N–H and O–H groups in total. The van der Waals surface area contributed by atoms with Crippen LogP contribution >= 0.6 is 0 Å². The Kier molecular flexibility index (Phi) is 16.3. The predicted octanol–water partition coefficient (Wildman–Crippen LogP) is 1.22. The summed E-state index contributed by atoms with van der Waals surface area (Å²) in [7, 11) is 0. The third kappa shape index (κ3) is 11.1. The van der Waals surface area contributed by atoms with E-state index in [0.717, 1.165) is 25.5 Å². The van der Waals surface area contributed by atoms with Crippen LogP contribution in [-0.4, -0.2) is 55.2 Å². The van der Waals surface area contributed by atoms with Gasteiger partial charge in [0.25, 0.3) is 0 Å². The molecule has 2 heteroatoms. The van der Waals surface area contributed by atoms with Gasteiger partial charge in [0.15, 0.2) is 0 Å². The van der Waals surface area contributed by atoms with Crippen LogP contribution in [0.2, 0.25) is 0 Å². The van der Waals surface area contributed by atoms with Crippen LogP contribution in [0.4, 0.5) is 0 Å². The quantitative estimate of drug-likeness (QED) is 0.401. The molecule has 0 heterocycles. The smallest absolute Gasteiger partial charge is 1.00 e. The van der Waals surface area contributed by atoms with Gasteiger partial charge in [-0.25, -0.2) is 0 Å². The first-order chi connectivity index (χ1) is 2.91. The molecule has 0 amide bonds. The minimum atomic E-state index is 0. The topological polar surface area (TPSA) is 17.1 Å². The standard InChI is InChI=1S/C5H10O.Ba.2H/c1-2-3-4-5-6;;;/h5H,2-4H2,1H3;;;/q;+2;2*-1. The van der Waals surface area contributed by atoms with Gasteiger partial charge in [0.1, 0.15) is 6.29 Å². The zero-order valence-electron chi connectivity index (χ0n) is 6.81. The van der Waals surface area contributed by atoms with Crippen molar-refractivity contribution in [2.24, 2.45) is 0 Å². The molecule has 0 radical (unpaired) electrons. The monoisotopic (exact) mass is 226 g/mol. The molecular weight excluding hydrogens is 213 g/mol. The molecule has 0 aliphatic rings. The van der Waals surface area contributed by atoms with Crippen LogP contribution in [0, 0.1) is 0 Å². The number of carbonyl (C=O) groups is 1. The Hall–Kier alpha value is 1.24. The average Bonchev–Trinajstić information content (AvgIpc) is 1.61. The van der Waals surface area contributed by atoms with Gasteiger partial charge in [-0.2, -0.15) is 0 Å². The molecule has 0 aliphatic carbocycles. The fraction of sp³-hybridized carbons (Fsp3) is 0.800. The number of hydrogen-bond donors (Lipinski definition) is 0. The van der Waals surface area contributed by atoms with Crippen LogP contribution < -0.4 is 0 Å². The summed E-state index contributed by atoms with van der Waals surface area (Å²) < 4.78 is 0. The summed E-state index contributed by atoms with van der Waals surface area (Å²) >= 11 is 0. The second-order valence-electron chi connectivity index (χ2n) is 1.31. The molecule has 0 atom stereocenters. The fourth-order valence-corrected chi connectivity index (χ4v) is 0.287. The van der Waals surface area contributed by atoms with E-state index in [2.05, 4.69) is 6.92 Å². The second kappa shape index (κ2) is 10.3. The van der Waals surface area contributed by atoms with E-state index in [1.54, 1.807) is 0 Å². The third-order valence-corrected chi connectivity index (χ3v) is 0.676. The van der Waals surface area contributed by atoms with Crippen molar-refractivity contribution in [2.75, 3.05) is 0 Å². The Morgan fingerprint density at radius 3 is 2.43 bits per heavy atom. The van der Waals surface area contributed by atoms with Crippen molar-refractivity contribution < 1.29 is 7.65 Å².